The second kappa shape index (κ2) is 4.52. The number of rotatable bonds is 3. The number of hydrogen-bond acceptors (Lipinski definition) is 2. The Bertz CT molecular complexity index is 614. The summed E-state index contributed by atoms with van der Waals surface area (Å²) in [7, 11) is 3.38. The van der Waals surface area contributed by atoms with Crippen LogP contribution in [-0.4, -0.2) is 40.5 Å². The summed E-state index contributed by atoms with van der Waals surface area (Å²) in [6.07, 6.45) is 1.79. The van der Waals surface area contributed by atoms with Crippen molar-refractivity contribution < 1.29 is 14.7 Å². The van der Waals surface area contributed by atoms with Crippen molar-refractivity contribution in [1.29, 1.82) is 0 Å². The number of aromatic nitrogens is 1. The number of carbonyl (C=O) groups excluding carboxylic acids is 1. The molecule has 1 amide bonds. The minimum atomic E-state index is -0.969. The number of carboxylic acids is 1. The second-order valence-corrected chi connectivity index (χ2v) is 4.31. The largest absolute Gasteiger partial charge is 0.478 e. The summed E-state index contributed by atoms with van der Waals surface area (Å²) >= 11 is 0. The smallest absolute Gasteiger partial charge is 0.335 e. The Labute approximate surface area is 104 Å². The zero-order chi connectivity index (χ0) is 13.3. The van der Waals surface area contributed by atoms with E-state index >= 15 is 0 Å². The Morgan fingerprint density at radius 2 is 2.00 bits per heavy atom. The molecule has 0 saturated heterocycles. The molecule has 1 heterocycles. The molecular weight excluding hydrogens is 232 g/mol. The molecule has 1 aromatic carbocycles. The molecule has 1 N–H and O–H groups in total. The fraction of sp³-hybridized carbons (Fsp3) is 0.231. The van der Waals surface area contributed by atoms with Gasteiger partial charge < -0.3 is 14.6 Å². The maximum atomic E-state index is 11.7. The van der Waals surface area contributed by atoms with E-state index in [1.807, 2.05) is 6.07 Å². The van der Waals surface area contributed by atoms with Crippen molar-refractivity contribution in [2.45, 2.75) is 6.54 Å². The van der Waals surface area contributed by atoms with Crippen LogP contribution in [0.5, 0.6) is 0 Å². The molecule has 0 bridgehead atoms. The molecule has 0 aliphatic carbocycles. The Morgan fingerprint density at radius 1 is 1.28 bits per heavy atom. The first-order chi connectivity index (χ1) is 8.49. The van der Waals surface area contributed by atoms with Crippen molar-refractivity contribution in [2.24, 2.45) is 0 Å². The Morgan fingerprint density at radius 3 is 2.61 bits per heavy atom. The third-order valence-corrected chi connectivity index (χ3v) is 2.83. The van der Waals surface area contributed by atoms with E-state index in [1.165, 1.54) is 4.90 Å². The molecule has 94 valence electrons. The minimum Gasteiger partial charge on any atom is -0.478 e. The van der Waals surface area contributed by atoms with E-state index in [-0.39, 0.29) is 18.0 Å². The number of amides is 1. The molecule has 0 aliphatic rings. The highest BCUT2D eigenvalue weighted by atomic mass is 16.4. The van der Waals surface area contributed by atoms with Crippen LogP contribution in [-0.2, 0) is 11.3 Å². The summed E-state index contributed by atoms with van der Waals surface area (Å²) in [5, 5.41) is 9.88. The number of benzene rings is 1. The lowest BCUT2D eigenvalue weighted by molar-refractivity contribution is -0.129. The van der Waals surface area contributed by atoms with Crippen LogP contribution in [0, 0.1) is 0 Å². The average molecular weight is 246 g/mol. The molecule has 0 atom stereocenters. The van der Waals surface area contributed by atoms with Crippen molar-refractivity contribution in [1.82, 2.24) is 9.47 Å². The van der Waals surface area contributed by atoms with E-state index in [0.717, 1.165) is 10.9 Å². The number of fused-ring (bicyclic) bond motifs is 1. The minimum absolute atomic E-state index is 0.0340. The lowest BCUT2D eigenvalue weighted by Crippen LogP contribution is -2.25. The maximum absolute atomic E-state index is 11.7. The van der Waals surface area contributed by atoms with Gasteiger partial charge in [0.2, 0.25) is 5.91 Å². The predicted octanol–water partition coefficient (Wildman–Crippen LogP) is 1.43. The summed E-state index contributed by atoms with van der Waals surface area (Å²) in [4.78, 5) is 24.1. The van der Waals surface area contributed by atoms with Crippen LogP contribution in [0.3, 0.4) is 0 Å². The molecule has 0 saturated carbocycles. The van der Waals surface area contributed by atoms with Crippen molar-refractivity contribution in [3.05, 3.63) is 36.0 Å². The quantitative estimate of drug-likeness (QED) is 0.891. The first kappa shape index (κ1) is 12.2. The highest BCUT2D eigenvalue weighted by Crippen LogP contribution is 2.18. The number of aromatic carboxylic acids is 1. The molecule has 0 spiro atoms. The van der Waals surface area contributed by atoms with E-state index in [0.29, 0.717) is 0 Å². The lowest BCUT2D eigenvalue weighted by Gasteiger charge is -2.11. The monoisotopic (exact) mass is 246 g/mol. The maximum Gasteiger partial charge on any atom is 0.335 e. The topological polar surface area (TPSA) is 62.5 Å². The van der Waals surface area contributed by atoms with E-state index in [2.05, 4.69) is 0 Å². The predicted molar refractivity (Wildman–Crippen MR) is 67.6 cm³/mol. The van der Waals surface area contributed by atoms with Gasteiger partial charge in [-0.25, -0.2) is 4.79 Å². The van der Waals surface area contributed by atoms with Crippen LogP contribution in [0.1, 0.15) is 10.4 Å². The summed E-state index contributed by atoms with van der Waals surface area (Å²) < 4.78 is 1.75. The van der Waals surface area contributed by atoms with Crippen molar-refractivity contribution in [3.8, 4) is 0 Å². The van der Waals surface area contributed by atoms with Gasteiger partial charge in [0.1, 0.15) is 6.54 Å². The summed E-state index contributed by atoms with van der Waals surface area (Å²) in [6.45, 7) is 0.208. The fourth-order valence-corrected chi connectivity index (χ4v) is 1.74. The average Bonchev–Trinajstić information content (AvgIpc) is 2.71. The van der Waals surface area contributed by atoms with Crippen molar-refractivity contribution >= 4 is 22.8 Å². The number of carbonyl (C=O) groups is 2. The molecule has 1 aromatic heterocycles. The van der Waals surface area contributed by atoms with Gasteiger partial charge in [-0.3, -0.25) is 4.79 Å². The fourth-order valence-electron chi connectivity index (χ4n) is 1.74. The van der Waals surface area contributed by atoms with Crippen LogP contribution in [0.25, 0.3) is 10.9 Å². The lowest BCUT2D eigenvalue weighted by atomic mass is 10.1. The molecule has 0 radical (unpaired) electrons. The standard InChI is InChI=1S/C13H14N2O3/c1-14(2)12(16)8-15-6-5-9-3-4-10(13(17)18)7-11(9)15/h3-7H,8H2,1-2H3,(H,17,18). The normalized spacial score (nSPS) is 10.6. The van der Waals surface area contributed by atoms with Crippen LogP contribution in [0.15, 0.2) is 30.5 Å². The Hall–Kier alpha value is -2.30. The first-order valence-corrected chi connectivity index (χ1v) is 5.51. The highest BCUT2D eigenvalue weighted by Gasteiger charge is 2.10. The molecule has 2 rings (SSSR count). The van der Waals surface area contributed by atoms with Gasteiger partial charge in [-0.2, -0.15) is 0 Å². The van der Waals surface area contributed by atoms with Gasteiger partial charge in [-0.15, -0.1) is 0 Å². The van der Waals surface area contributed by atoms with Gasteiger partial charge >= 0.3 is 5.97 Å². The van der Waals surface area contributed by atoms with E-state index in [9.17, 15) is 9.59 Å². The van der Waals surface area contributed by atoms with Gasteiger partial charge in [0.15, 0.2) is 0 Å². The summed E-state index contributed by atoms with van der Waals surface area (Å²) in [5.41, 5.74) is 0.977. The van der Waals surface area contributed by atoms with Gasteiger partial charge in [0.25, 0.3) is 0 Å². The number of likely N-dealkylation sites (N-methyl/N-ethyl adjacent to an activating group) is 1. The van der Waals surface area contributed by atoms with E-state index in [4.69, 9.17) is 5.11 Å². The van der Waals surface area contributed by atoms with Crippen LogP contribution in [0.2, 0.25) is 0 Å². The highest BCUT2D eigenvalue weighted by molar-refractivity contribution is 5.93. The van der Waals surface area contributed by atoms with Crippen LogP contribution in [0.4, 0.5) is 0 Å². The molecule has 5 heteroatoms. The third-order valence-electron chi connectivity index (χ3n) is 2.83. The molecule has 5 nitrogen and oxygen atoms in total. The third kappa shape index (κ3) is 2.20. The van der Waals surface area contributed by atoms with Crippen LogP contribution >= 0.6 is 0 Å². The summed E-state index contributed by atoms with van der Waals surface area (Å²) in [6, 6.07) is 6.75. The van der Waals surface area contributed by atoms with Crippen LogP contribution < -0.4 is 0 Å². The summed E-state index contributed by atoms with van der Waals surface area (Å²) in [5.74, 6) is -1.00. The van der Waals surface area contributed by atoms with Gasteiger partial charge in [0.05, 0.1) is 5.56 Å². The zero-order valence-electron chi connectivity index (χ0n) is 10.3. The number of hydrogen-bond donors (Lipinski definition) is 1. The van der Waals surface area contributed by atoms with Gasteiger partial charge in [-0.1, -0.05) is 6.07 Å². The zero-order valence-corrected chi connectivity index (χ0v) is 10.3. The molecule has 0 fully saturated rings. The Kier molecular flexibility index (Phi) is 3.06. The van der Waals surface area contributed by atoms with Gasteiger partial charge in [0, 0.05) is 25.8 Å². The number of nitrogens with zero attached hydrogens (tertiary/aromatic N) is 2. The van der Waals surface area contributed by atoms with E-state index < -0.39 is 5.97 Å². The second-order valence-electron chi connectivity index (χ2n) is 4.31. The Balaban J connectivity index is 2.42. The first-order valence-electron chi connectivity index (χ1n) is 5.51. The molecule has 0 unspecified atom stereocenters. The molecular formula is C13H14N2O3. The van der Waals surface area contributed by atoms with E-state index in [1.54, 1.807) is 43.1 Å². The number of carboxylic acid groups (broad SMARTS) is 1. The van der Waals surface area contributed by atoms with Gasteiger partial charge in [-0.05, 0) is 23.6 Å². The van der Waals surface area contributed by atoms with Crippen molar-refractivity contribution in [3.63, 3.8) is 0 Å². The molecule has 18 heavy (non-hydrogen) atoms. The molecule has 2 aromatic rings. The van der Waals surface area contributed by atoms with Crippen molar-refractivity contribution in [2.75, 3.05) is 14.1 Å². The SMILES string of the molecule is CN(C)C(=O)Cn1ccc2ccc(C(=O)O)cc21. The molecule has 0 aliphatic heterocycles.